The molecule has 0 aromatic heterocycles. The Morgan fingerprint density at radius 2 is 2.08 bits per heavy atom. The van der Waals surface area contributed by atoms with Gasteiger partial charge >= 0.3 is 0 Å². The first-order valence-electron chi connectivity index (χ1n) is 3.99. The summed E-state index contributed by atoms with van der Waals surface area (Å²) in [6.45, 7) is -0.131. The van der Waals surface area contributed by atoms with Gasteiger partial charge in [0.05, 0.1) is 12.6 Å². The van der Waals surface area contributed by atoms with Crippen LogP contribution in [0.25, 0.3) is 0 Å². The van der Waals surface area contributed by atoms with Crippen molar-refractivity contribution in [1.82, 2.24) is 5.32 Å². The molecule has 0 unspecified atom stereocenters. The maximum Gasteiger partial charge on any atom is 0.120 e. The molecular weight excluding hydrogens is 170 g/mol. The summed E-state index contributed by atoms with van der Waals surface area (Å²) in [5, 5.41) is 30.3. The lowest BCUT2D eigenvalue weighted by molar-refractivity contribution is 0.248. The van der Waals surface area contributed by atoms with Gasteiger partial charge in [-0.25, -0.2) is 0 Å². The number of aromatic hydroxyl groups is 2. The molecule has 1 rings (SSSR count). The Balaban J connectivity index is 3.03. The highest BCUT2D eigenvalue weighted by Crippen LogP contribution is 2.27. The summed E-state index contributed by atoms with van der Waals surface area (Å²) < 4.78 is 0. The summed E-state index contributed by atoms with van der Waals surface area (Å²) in [6, 6.07) is 3.85. The van der Waals surface area contributed by atoms with Crippen molar-refractivity contribution in [1.29, 1.82) is 0 Å². The van der Waals surface area contributed by atoms with E-state index < -0.39 is 0 Å². The first-order valence-corrected chi connectivity index (χ1v) is 3.99. The maximum atomic E-state index is 9.41. The summed E-state index contributed by atoms with van der Waals surface area (Å²) in [6.07, 6.45) is 0. The van der Waals surface area contributed by atoms with Crippen molar-refractivity contribution < 1.29 is 15.3 Å². The molecule has 0 aliphatic rings. The number of benzene rings is 1. The molecule has 0 aliphatic heterocycles. The SMILES string of the molecule is CN[C@H](CO)c1cc(O)ccc1O. The molecule has 0 heterocycles. The van der Waals surface area contributed by atoms with E-state index in [1.165, 1.54) is 18.2 Å². The van der Waals surface area contributed by atoms with Crippen LogP contribution in [0.3, 0.4) is 0 Å². The molecule has 0 saturated carbocycles. The number of phenols is 2. The van der Waals surface area contributed by atoms with Gasteiger partial charge in [-0.3, -0.25) is 0 Å². The molecule has 0 radical (unpaired) electrons. The third-order valence-corrected chi connectivity index (χ3v) is 1.92. The van der Waals surface area contributed by atoms with Crippen molar-refractivity contribution in [3.8, 4) is 11.5 Å². The van der Waals surface area contributed by atoms with Crippen molar-refractivity contribution in [3.05, 3.63) is 23.8 Å². The van der Waals surface area contributed by atoms with Crippen LogP contribution in [-0.2, 0) is 0 Å². The predicted octanol–water partition coefficient (Wildman–Crippen LogP) is 0.351. The van der Waals surface area contributed by atoms with E-state index in [1.54, 1.807) is 7.05 Å². The van der Waals surface area contributed by atoms with Crippen LogP contribution in [0.15, 0.2) is 18.2 Å². The number of aliphatic hydroxyl groups is 1. The molecule has 0 saturated heterocycles. The average molecular weight is 183 g/mol. The lowest BCUT2D eigenvalue weighted by atomic mass is 10.1. The predicted molar refractivity (Wildman–Crippen MR) is 48.7 cm³/mol. The Morgan fingerprint density at radius 1 is 1.38 bits per heavy atom. The smallest absolute Gasteiger partial charge is 0.120 e. The second-order valence-corrected chi connectivity index (χ2v) is 2.77. The minimum absolute atomic E-state index is 0.0613. The van der Waals surface area contributed by atoms with Gasteiger partial charge in [0.1, 0.15) is 11.5 Å². The van der Waals surface area contributed by atoms with Crippen LogP contribution in [-0.4, -0.2) is 29.0 Å². The Kier molecular flexibility index (Phi) is 3.11. The Morgan fingerprint density at radius 3 is 2.62 bits per heavy atom. The minimum atomic E-state index is -0.355. The van der Waals surface area contributed by atoms with E-state index in [0.29, 0.717) is 5.56 Å². The molecular formula is C9H13NO3. The average Bonchev–Trinajstić information content (AvgIpc) is 2.13. The zero-order chi connectivity index (χ0) is 9.84. The van der Waals surface area contributed by atoms with Crippen molar-refractivity contribution in [2.45, 2.75) is 6.04 Å². The monoisotopic (exact) mass is 183 g/mol. The lowest BCUT2D eigenvalue weighted by Crippen LogP contribution is -2.19. The molecule has 0 spiro atoms. The second kappa shape index (κ2) is 4.11. The van der Waals surface area contributed by atoms with E-state index in [2.05, 4.69) is 5.32 Å². The van der Waals surface area contributed by atoms with E-state index in [1.807, 2.05) is 0 Å². The highest BCUT2D eigenvalue weighted by atomic mass is 16.3. The van der Waals surface area contributed by atoms with Gasteiger partial charge in [-0.15, -0.1) is 0 Å². The van der Waals surface area contributed by atoms with E-state index in [0.717, 1.165) is 0 Å². The zero-order valence-electron chi connectivity index (χ0n) is 7.36. The molecule has 0 bridgehead atoms. The largest absolute Gasteiger partial charge is 0.508 e. The van der Waals surface area contributed by atoms with Gasteiger partial charge in [0.2, 0.25) is 0 Å². The fraction of sp³-hybridized carbons (Fsp3) is 0.333. The van der Waals surface area contributed by atoms with Gasteiger partial charge in [-0.1, -0.05) is 0 Å². The van der Waals surface area contributed by atoms with Crippen LogP contribution in [0.2, 0.25) is 0 Å². The highest BCUT2D eigenvalue weighted by molar-refractivity contribution is 5.40. The molecule has 1 atom stereocenters. The minimum Gasteiger partial charge on any atom is -0.508 e. The fourth-order valence-corrected chi connectivity index (χ4v) is 1.17. The quantitative estimate of drug-likeness (QED) is 0.510. The molecule has 0 fully saturated rings. The lowest BCUT2D eigenvalue weighted by Gasteiger charge is -2.14. The Bertz CT molecular complexity index is 284. The first kappa shape index (κ1) is 9.83. The summed E-state index contributed by atoms with van der Waals surface area (Å²) >= 11 is 0. The van der Waals surface area contributed by atoms with E-state index in [-0.39, 0.29) is 24.1 Å². The van der Waals surface area contributed by atoms with Gasteiger partial charge in [0, 0.05) is 5.56 Å². The third kappa shape index (κ3) is 2.11. The third-order valence-electron chi connectivity index (χ3n) is 1.92. The molecule has 72 valence electrons. The zero-order valence-corrected chi connectivity index (χ0v) is 7.36. The molecule has 1 aromatic carbocycles. The van der Waals surface area contributed by atoms with E-state index >= 15 is 0 Å². The maximum absolute atomic E-state index is 9.41. The molecule has 1 aromatic rings. The summed E-state index contributed by atoms with van der Waals surface area (Å²) in [7, 11) is 1.67. The van der Waals surface area contributed by atoms with Crippen LogP contribution in [0.1, 0.15) is 11.6 Å². The van der Waals surface area contributed by atoms with Crippen LogP contribution in [0.4, 0.5) is 0 Å². The Labute approximate surface area is 76.5 Å². The number of hydrogen-bond acceptors (Lipinski definition) is 4. The van der Waals surface area contributed by atoms with E-state index in [4.69, 9.17) is 10.2 Å². The Hall–Kier alpha value is -1.26. The number of phenolic OH excluding ortho intramolecular Hbond substituents is 2. The van der Waals surface area contributed by atoms with Gasteiger partial charge in [0.25, 0.3) is 0 Å². The standard InChI is InChI=1S/C9H13NO3/c1-10-8(5-11)7-4-6(12)2-3-9(7)13/h2-4,8,10-13H,5H2,1H3/t8-/m1/s1. The molecule has 4 nitrogen and oxygen atoms in total. The van der Waals surface area contributed by atoms with Crippen molar-refractivity contribution in [2.24, 2.45) is 0 Å². The molecule has 0 amide bonds. The van der Waals surface area contributed by atoms with Crippen molar-refractivity contribution in [2.75, 3.05) is 13.7 Å². The highest BCUT2D eigenvalue weighted by Gasteiger charge is 2.12. The van der Waals surface area contributed by atoms with Crippen LogP contribution in [0, 0.1) is 0 Å². The number of likely N-dealkylation sites (N-methyl/N-ethyl adjacent to an activating group) is 1. The van der Waals surface area contributed by atoms with Gasteiger partial charge in [0.15, 0.2) is 0 Å². The summed E-state index contributed by atoms with van der Waals surface area (Å²) in [5.41, 5.74) is 0.491. The van der Waals surface area contributed by atoms with Crippen LogP contribution >= 0.6 is 0 Å². The first-order chi connectivity index (χ1) is 6.19. The molecule has 4 heteroatoms. The molecule has 13 heavy (non-hydrogen) atoms. The van der Waals surface area contributed by atoms with Gasteiger partial charge < -0.3 is 20.6 Å². The van der Waals surface area contributed by atoms with Crippen LogP contribution < -0.4 is 5.32 Å². The molecule has 0 aliphatic carbocycles. The fourth-order valence-electron chi connectivity index (χ4n) is 1.17. The number of hydrogen-bond donors (Lipinski definition) is 4. The van der Waals surface area contributed by atoms with Gasteiger partial charge in [-0.05, 0) is 25.2 Å². The topological polar surface area (TPSA) is 72.7 Å². The number of rotatable bonds is 3. The number of aliphatic hydroxyl groups excluding tert-OH is 1. The van der Waals surface area contributed by atoms with Crippen molar-refractivity contribution >= 4 is 0 Å². The normalized spacial score (nSPS) is 12.8. The number of nitrogens with one attached hydrogen (secondary N) is 1. The van der Waals surface area contributed by atoms with Gasteiger partial charge in [-0.2, -0.15) is 0 Å². The molecule has 4 N–H and O–H groups in total. The van der Waals surface area contributed by atoms with Crippen LogP contribution in [0.5, 0.6) is 11.5 Å². The summed E-state index contributed by atoms with van der Waals surface area (Å²) in [5.74, 6) is 0.132. The van der Waals surface area contributed by atoms with Crippen molar-refractivity contribution in [3.63, 3.8) is 0 Å². The van der Waals surface area contributed by atoms with E-state index in [9.17, 15) is 5.11 Å². The summed E-state index contributed by atoms with van der Waals surface area (Å²) in [4.78, 5) is 0. The second-order valence-electron chi connectivity index (χ2n) is 2.77.